The van der Waals surface area contributed by atoms with Crippen LogP contribution in [0.2, 0.25) is 0 Å². The zero-order valence-electron chi connectivity index (χ0n) is 12.3. The van der Waals surface area contributed by atoms with Crippen LogP contribution in [0.3, 0.4) is 0 Å². The van der Waals surface area contributed by atoms with Gasteiger partial charge in [-0.3, -0.25) is 4.79 Å². The molecule has 114 valence electrons. The normalized spacial score (nSPS) is 10.6. The fraction of sp³-hybridized carbons (Fsp3) is 0.167. The first-order valence-electron chi connectivity index (χ1n) is 7.24. The molecule has 22 heavy (non-hydrogen) atoms. The number of halogens is 1. The first-order valence-corrected chi connectivity index (χ1v) is 7.24. The van der Waals surface area contributed by atoms with Crippen molar-refractivity contribution < 1.29 is 9.18 Å². The summed E-state index contributed by atoms with van der Waals surface area (Å²) in [5.74, 6) is -0.434. The second-order valence-corrected chi connectivity index (χ2v) is 4.82. The van der Waals surface area contributed by atoms with Gasteiger partial charge in [0.1, 0.15) is 5.82 Å². The third-order valence-electron chi connectivity index (χ3n) is 3.05. The first-order chi connectivity index (χ1) is 10.7. The standard InChI is InChI=1S/C18H19FN2O/c19-16-10-7-15(8-11-16)9-12-18(22)21-14-4-13-20-17-5-2-1-3-6-17/h1-3,5-12,20H,4,13-14H2,(H,21,22). The number of amides is 1. The van der Waals surface area contributed by atoms with Crippen LogP contribution in [0.1, 0.15) is 12.0 Å². The van der Waals surface area contributed by atoms with Gasteiger partial charge >= 0.3 is 0 Å². The molecule has 0 saturated carbocycles. The van der Waals surface area contributed by atoms with Crippen LogP contribution in [-0.2, 0) is 4.79 Å². The van der Waals surface area contributed by atoms with Gasteiger partial charge in [0, 0.05) is 24.9 Å². The molecule has 0 bridgehead atoms. The maximum Gasteiger partial charge on any atom is 0.244 e. The maximum atomic E-state index is 12.7. The summed E-state index contributed by atoms with van der Waals surface area (Å²) in [4.78, 5) is 11.6. The van der Waals surface area contributed by atoms with Crippen molar-refractivity contribution >= 4 is 17.7 Å². The van der Waals surface area contributed by atoms with Crippen molar-refractivity contribution in [2.75, 3.05) is 18.4 Å². The van der Waals surface area contributed by atoms with Gasteiger partial charge in [0.25, 0.3) is 0 Å². The van der Waals surface area contributed by atoms with Crippen LogP contribution < -0.4 is 10.6 Å². The van der Waals surface area contributed by atoms with E-state index in [9.17, 15) is 9.18 Å². The maximum absolute atomic E-state index is 12.7. The van der Waals surface area contributed by atoms with Crippen molar-refractivity contribution in [2.45, 2.75) is 6.42 Å². The molecule has 0 aromatic heterocycles. The van der Waals surface area contributed by atoms with Crippen LogP contribution in [0.5, 0.6) is 0 Å². The zero-order valence-corrected chi connectivity index (χ0v) is 12.3. The highest BCUT2D eigenvalue weighted by molar-refractivity contribution is 5.91. The number of hydrogen-bond donors (Lipinski definition) is 2. The topological polar surface area (TPSA) is 41.1 Å². The Balaban J connectivity index is 1.62. The summed E-state index contributed by atoms with van der Waals surface area (Å²) in [6.45, 7) is 1.40. The van der Waals surface area contributed by atoms with Gasteiger partial charge in [-0.1, -0.05) is 30.3 Å². The number of benzene rings is 2. The second-order valence-electron chi connectivity index (χ2n) is 4.82. The molecule has 0 aliphatic rings. The van der Waals surface area contributed by atoms with Gasteiger partial charge in [0.05, 0.1) is 0 Å². The Kier molecular flexibility index (Phi) is 6.18. The highest BCUT2D eigenvalue weighted by Gasteiger charge is 1.96. The lowest BCUT2D eigenvalue weighted by atomic mass is 10.2. The van der Waals surface area contributed by atoms with Crippen molar-refractivity contribution in [3.05, 3.63) is 72.1 Å². The Morgan fingerprint density at radius 2 is 1.73 bits per heavy atom. The van der Waals surface area contributed by atoms with E-state index in [0.29, 0.717) is 6.54 Å². The van der Waals surface area contributed by atoms with Gasteiger partial charge in [-0.25, -0.2) is 4.39 Å². The smallest absolute Gasteiger partial charge is 0.244 e. The van der Waals surface area contributed by atoms with Gasteiger partial charge < -0.3 is 10.6 Å². The van der Waals surface area contributed by atoms with Crippen molar-refractivity contribution in [1.82, 2.24) is 5.32 Å². The van der Waals surface area contributed by atoms with E-state index in [2.05, 4.69) is 10.6 Å². The zero-order chi connectivity index (χ0) is 15.6. The summed E-state index contributed by atoms with van der Waals surface area (Å²) in [6, 6.07) is 15.9. The molecule has 2 aromatic rings. The second kappa shape index (κ2) is 8.62. The van der Waals surface area contributed by atoms with E-state index in [1.807, 2.05) is 30.3 Å². The molecule has 0 aliphatic heterocycles. The lowest BCUT2D eigenvalue weighted by molar-refractivity contribution is -0.116. The van der Waals surface area contributed by atoms with E-state index < -0.39 is 0 Å². The highest BCUT2D eigenvalue weighted by Crippen LogP contribution is 2.05. The van der Waals surface area contributed by atoms with Crippen molar-refractivity contribution in [2.24, 2.45) is 0 Å². The highest BCUT2D eigenvalue weighted by atomic mass is 19.1. The summed E-state index contributed by atoms with van der Waals surface area (Å²) < 4.78 is 12.7. The third kappa shape index (κ3) is 5.79. The molecule has 0 heterocycles. The molecule has 0 aliphatic carbocycles. The molecule has 2 N–H and O–H groups in total. The number of para-hydroxylation sites is 1. The monoisotopic (exact) mass is 298 g/mol. The van der Waals surface area contributed by atoms with Crippen LogP contribution >= 0.6 is 0 Å². The number of carbonyl (C=O) groups excluding carboxylic acids is 1. The fourth-order valence-corrected chi connectivity index (χ4v) is 1.89. The molecule has 0 spiro atoms. The quantitative estimate of drug-likeness (QED) is 0.607. The summed E-state index contributed by atoms with van der Waals surface area (Å²) in [5.41, 5.74) is 1.87. The lowest BCUT2D eigenvalue weighted by Crippen LogP contribution is -2.23. The van der Waals surface area contributed by atoms with Gasteiger partial charge in [-0.15, -0.1) is 0 Å². The van der Waals surface area contributed by atoms with Crippen LogP contribution in [0.15, 0.2) is 60.7 Å². The lowest BCUT2D eigenvalue weighted by Gasteiger charge is -2.06. The number of carbonyl (C=O) groups is 1. The van der Waals surface area contributed by atoms with Gasteiger partial charge in [-0.2, -0.15) is 0 Å². The molecule has 2 rings (SSSR count). The molecule has 0 atom stereocenters. The molecule has 3 nitrogen and oxygen atoms in total. The summed E-state index contributed by atoms with van der Waals surface area (Å²) in [7, 11) is 0. The van der Waals surface area contributed by atoms with E-state index in [4.69, 9.17) is 0 Å². The molecule has 0 fully saturated rings. The van der Waals surface area contributed by atoms with E-state index >= 15 is 0 Å². The first kappa shape index (κ1) is 15.8. The van der Waals surface area contributed by atoms with Crippen LogP contribution in [0.25, 0.3) is 6.08 Å². The van der Waals surface area contributed by atoms with Gasteiger partial charge in [-0.05, 0) is 42.3 Å². The van der Waals surface area contributed by atoms with Crippen LogP contribution in [0.4, 0.5) is 10.1 Å². The predicted molar refractivity (Wildman–Crippen MR) is 88.0 cm³/mol. The van der Waals surface area contributed by atoms with E-state index in [-0.39, 0.29) is 11.7 Å². The van der Waals surface area contributed by atoms with Crippen LogP contribution in [-0.4, -0.2) is 19.0 Å². The molecule has 0 unspecified atom stereocenters. The number of hydrogen-bond acceptors (Lipinski definition) is 2. The SMILES string of the molecule is O=C(C=Cc1ccc(F)cc1)NCCCNc1ccccc1. The average Bonchev–Trinajstić information content (AvgIpc) is 2.55. The molecule has 0 saturated heterocycles. The molecular formula is C18H19FN2O. The summed E-state index contributed by atoms with van der Waals surface area (Å²) >= 11 is 0. The van der Waals surface area contributed by atoms with Crippen molar-refractivity contribution in [3.63, 3.8) is 0 Å². The summed E-state index contributed by atoms with van der Waals surface area (Å²) in [6.07, 6.45) is 3.96. The minimum Gasteiger partial charge on any atom is -0.385 e. The third-order valence-corrected chi connectivity index (χ3v) is 3.05. The van der Waals surface area contributed by atoms with E-state index in [1.54, 1.807) is 18.2 Å². The van der Waals surface area contributed by atoms with Crippen molar-refractivity contribution in [1.29, 1.82) is 0 Å². The van der Waals surface area contributed by atoms with Gasteiger partial charge in [0.15, 0.2) is 0 Å². The predicted octanol–water partition coefficient (Wildman–Crippen LogP) is 3.46. The Morgan fingerprint density at radius 3 is 2.45 bits per heavy atom. The molecule has 0 radical (unpaired) electrons. The number of anilines is 1. The van der Waals surface area contributed by atoms with E-state index in [1.165, 1.54) is 18.2 Å². The minimum atomic E-state index is -0.285. The largest absolute Gasteiger partial charge is 0.385 e. The molecule has 1 amide bonds. The molecule has 2 aromatic carbocycles. The van der Waals surface area contributed by atoms with E-state index in [0.717, 1.165) is 24.2 Å². The van der Waals surface area contributed by atoms with Crippen LogP contribution in [0, 0.1) is 5.82 Å². The summed E-state index contributed by atoms with van der Waals surface area (Å²) in [5, 5.41) is 6.09. The fourth-order valence-electron chi connectivity index (χ4n) is 1.89. The Hall–Kier alpha value is -2.62. The number of nitrogens with one attached hydrogen (secondary N) is 2. The Bertz CT molecular complexity index is 609. The molecule has 4 heteroatoms. The Labute approximate surface area is 129 Å². The average molecular weight is 298 g/mol. The van der Waals surface area contributed by atoms with Gasteiger partial charge in [0.2, 0.25) is 5.91 Å². The Morgan fingerprint density at radius 1 is 1.00 bits per heavy atom. The number of rotatable bonds is 7. The minimum absolute atomic E-state index is 0.149. The molecular weight excluding hydrogens is 279 g/mol. The van der Waals surface area contributed by atoms with Crippen molar-refractivity contribution in [3.8, 4) is 0 Å².